The summed E-state index contributed by atoms with van der Waals surface area (Å²) >= 11 is 6.04. The van der Waals surface area contributed by atoms with Gasteiger partial charge in [0.25, 0.3) is 0 Å². The summed E-state index contributed by atoms with van der Waals surface area (Å²) in [4.78, 5) is 12.8. The highest BCUT2D eigenvalue weighted by atomic mass is 35.5. The molecule has 0 spiro atoms. The number of benzene rings is 1. The molecule has 9 heteroatoms. The van der Waals surface area contributed by atoms with Crippen LogP contribution in [0.25, 0.3) is 11.3 Å². The van der Waals surface area contributed by atoms with Gasteiger partial charge in [-0.15, -0.1) is 0 Å². The lowest BCUT2D eigenvalue weighted by Crippen LogP contribution is -2.11. The maximum Gasteiger partial charge on any atom is 0.418 e. The molecule has 0 aliphatic heterocycles. The van der Waals surface area contributed by atoms with Gasteiger partial charge in [0.05, 0.1) is 22.0 Å². The Morgan fingerprint density at radius 2 is 1.89 bits per heavy atom. The maximum atomic E-state index is 13.4. The van der Waals surface area contributed by atoms with E-state index < -0.39 is 11.7 Å². The zero-order chi connectivity index (χ0) is 19.7. The number of halogens is 4. The predicted molar refractivity (Wildman–Crippen MR) is 102 cm³/mol. The van der Waals surface area contributed by atoms with Gasteiger partial charge in [0.2, 0.25) is 5.95 Å². The molecule has 28 heavy (non-hydrogen) atoms. The van der Waals surface area contributed by atoms with Crippen molar-refractivity contribution in [2.24, 2.45) is 0 Å². The molecule has 2 aromatic heterocycles. The lowest BCUT2D eigenvalue weighted by atomic mass is 10.1. The lowest BCUT2D eigenvalue weighted by molar-refractivity contribution is -0.136. The molecule has 144 valence electrons. The van der Waals surface area contributed by atoms with Crippen molar-refractivity contribution in [2.75, 3.05) is 10.6 Å². The molecule has 1 saturated carbocycles. The summed E-state index contributed by atoms with van der Waals surface area (Å²) in [6.45, 7) is 0. The molecule has 0 amide bonds. The van der Waals surface area contributed by atoms with Gasteiger partial charge in [0.15, 0.2) is 0 Å². The van der Waals surface area contributed by atoms with E-state index in [-0.39, 0.29) is 22.6 Å². The van der Waals surface area contributed by atoms with E-state index in [2.05, 4.69) is 25.6 Å². The highest BCUT2D eigenvalue weighted by Crippen LogP contribution is 2.40. The summed E-state index contributed by atoms with van der Waals surface area (Å²) in [6.07, 6.45) is 0.718. The number of aromatic nitrogens is 3. The van der Waals surface area contributed by atoms with Crippen molar-refractivity contribution < 1.29 is 13.2 Å². The van der Waals surface area contributed by atoms with Crippen LogP contribution < -0.4 is 10.6 Å². The first kappa shape index (κ1) is 18.5. The zero-order valence-corrected chi connectivity index (χ0v) is 15.2. The van der Waals surface area contributed by atoms with Gasteiger partial charge in [-0.05, 0) is 37.1 Å². The summed E-state index contributed by atoms with van der Waals surface area (Å²) in [7, 11) is 0. The van der Waals surface area contributed by atoms with Crippen molar-refractivity contribution in [1.82, 2.24) is 15.0 Å². The Morgan fingerprint density at radius 3 is 2.57 bits per heavy atom. The van der Waals surface area contributed by atoms with Gasteiger partial charge >= 0.3 is 6.18 Å². The average Bonchev–Trinajstić information content (AvgIpc) is 3.47. The molecular weight excluding hydrogens is 391 g/mol. The third kappa shape index (κ3) is 4.17. The quantitative estimate of drug-likeness (QED) is 0.584. The first-order chi connectivity index (χ1) is 13.4. The van der Waals surface area contributed by atoms with Gasteiger partial charge in [-0.1, -0.05) is 17.7 Å². The third-order valence-corrected chi connectivity index (χ3v) is 4.48. The van der Waals surface area contributed by atoms with Gasteiger partial charge in [0, 0.05) is 30.1 Å². The Hall–Kier alpha value is -2.87. The van der Waals surface area contributed by atoms with Gasteiger partial charge in [-0.2, -0.15) is 18.2 Å². The number of anilines is 3. The Morgan fingerprint density at radius 1 is 1.07 bits per heavy atom. The predicted octanol–water partition coefficient (Wildman–Crippen LogP) is 5.53. The fourth-order valence-electron chi connectivity index (χ4n) is 2.66. The molecule has 0 bridgehead atoms. The number of pyridine rings is 1. The van der Waals surface area contributed by atoms with Crippen LogP contribution in [0.4, 0.5) is 30.6 Å². The van der Waals surface area contributed by atoms with E-state index in [1.807, 2.05) is 6.07 Å². The van der Waals surface area contributed by atoms with E-state index >= 15 is 0 Å². The number of alkyl halides is 3. The average molecular weight is 406 g/mol. The molecule has 0 atom stereocenters. The van der Waals surface area contributed by atoms with Crippen LogP contribution in [0.15, 0.2) is 48.8 Å². The minimum atomic E-state index is -4.55. The van der Waals surface area contributed by atoms with Gasteiger partial charge in [0.1, 0.15) is 5.82 Å². The molecule has 4 rings (SSSR count). The summed E-state index contributed by atoms with van der Waals surface area (Å²) < 4.78 is 40.1. The van der Waals surface area contributed by atoms with Crippen LogP contribution in [-0.4, -0.2) is 21.0 Å². The number of nitrogens with one attached hydrogen (secondary N) is 2. The number of para-hydroxylation sites is 1. The van der Waals surface area contributed by atoms with Crippen molar-refractivity contribution in [3.63, 3.8) is 0 Å². The van der Waals surface area contributed by atoms with Crippen molar-refractivity contribution in [2.45, 2.75) is 25.1 Å². The fourth-order valence-corrected chi connectivity index (χ4v) is 2.89. The Bertz CT molecular complexity index is 991. The summed E-state index contributed by atoms with van der Waals surface area (Å²) in [5, 5.41) is 5.85. The molecule has 1 aliphatic carbocycles. The molecule has 2 N–H and O–H groups in total. The SMILES string of the molecule is FC(F)(F)c1cccc(Cl)c1Nc1cc(-c2cccnc2)nc(NC2CC2)n1. The van der Waals surface area contributed by atoms with Crippen LogP contribution in [0.2, 0.25) is 5.02 Å². The summed E-state index contributed by atoms with van der Waals surface area (Å²) in [5.74, 6) is 0.544. The van der Waals surface area contributed by atoms with Crippen molar-refractivity contribution in [3.05, 3.63) is 59.4 Å². The highest BCUT2D eigenvalue weighted by Gasteiger charge is 2.34. The largest absolute Gasteiger partial charge is 0.418 e. The van der Waals surface area contributed by atoms with E-state index in [1.165, 1.54) is 12.1 Å². The monoisotopic (exact) mass is 405 g/mol. The van der Waals surface area contributed by atoms with Crippen LogP contribution in [0.5, 0.6) is 0 Å². The number of hydrogen-bond donors (Lipinski definition) is 2. The fraction of sp³-hybridized carbons (Fsp3) is 0.211. The topological polar surface area (TPSA) is 62.7 Å². The minimum absolute atomic E-state index is 0.0481. The molecule has 2 heterocycles. The van der Waals surface area contributed by atoms with Gasteiger partial charge in [-0.25, -0.2) is 4.98 Å². The maximum absolute atomic E-state index is 13.4. The molecule has 1 aliphatic rings. The second-order valence-corrected chi connectivity index (χ2v) is 6.81. The third-order valence-electron chi connectivity index (χ3n) is 4.17. The second-order valence-electron chi connectivity index (χ2n) is 6.41. The van der Waals surface area contributed by atoms with Crippen molar-refractivity contribution in [3.8, 4) is 11.3 Å². The van der Waals surface area contributed by atoms with Gasteiger partial charge in [-0.3, -0.25) is 4.98 Å². The lowest BCUT2D eigenvalue weighted by Gasteiger charge is -2.16. The van der Waals surface area contributed by atoms with Crippen LogP contribution in [0.3, 0.4) is 0 Å². The number of nitrogens with zero attached hydrogens (tertiary/aromatic N) is 3. The molecule has 1 fully saturated rings. The van der Waals surface area contributed by atoms with Crippen LogP contribution in [-0.2, 0) is 6.18 Å². The van der Waals surface area contributed by atoms with E-state index in [4.69, 9.17) is 11.6 Å². The van der Waals surface area contributed by atoms with E-state index in [0.29, 0.717) is 11.6 Å². The van der Waals surface area contributed by atoms with Crippen LogP contribution in [0, 0.1) is 0 Å². The minimum Gasteiger partial charge on any atom is -0.351 e. The first-order valence-electron chi connectivity index (χ1n) is 8.59. The highest BCUT2D eigenvalue weighted by molar-refractivity contribution is 6.33. The summed E-state index contributed by atoms with van der Waals surface area (Å²) in [6, 6.07) is 9.05. The Labute approximate surface area is 164 Å². The van der Waals surface area contributed by atoms with Crippen LogP contribution in [0.1, 0.15) is 18.4 Å². The van der Waals surface area contributed by atoms with Crippen LogP contribution >= 0.6 is 11.6 Å². The van der Waals surface area contributed by atoms with Gasteiger partial charge < -0.3 is 10.6 Å². The summed E-state index contributed by atoms with van der Waals surface area (Å²) in [5.41, 5.74) is 0.152. The molecule has 5 nitrogen and oxygen atoms in total. The second kappa shape index (κ2) is 7.27. The molecule has 0 saturated heterocycles. The first-order valence-corrected chi connectivity index (χ1v) is 8.97. The van der Waals surface area contributed by atoms with E-state index in [1.54, 1.807) is 24.5 Å². The number of rotatable bonds is 5. The molecule has 0 unspecified atom stereocenters. The normalized spacial score (nSPS) is 14.0. The number of hydrogen-bond acceptors (Lipinski definition) is 5. The Kier molecular flexibility index (Phi) is 4.80. The zero-order valence-electron chi connectivity index (χ0n) is 14.5. The molecule has 3 aromatic rings. The smallest absolute Gasteiger partial charge is 0.351 e. The standard InChI is InChI=1S/C19H15ClF3N5/c20-14-5-1-4-13(19(21,22)23)17(14)27-16-9-15(11-3-2-8-24-10-11)26-18(28-16)25-12-6-7-12/h1-5,8-10,12H,6-7H2,(H2,25,26,27,28). The molecule has 1 aromatic carbocycles. The molecular formula is C19H15ClF3N5. The van der Waals surface area contributed by atoms with E-state index in [9.17, 15) is 13.2 Å². The van der Waals surface area contributed by atoms with Crippen molar-refractivity contribution >= 4 is 29.1 Å². The molecule has 0 radical (unpaired) electrons. The Balaban J connectivity index is 1.76. The van der Waals surface area contributed by atoms with Crippen molar-refractivity contribution in [1.29, 1.82) is 0 Å². The van der Waals surface area contributed by atoms with E-state index in [0.717, 1.165) is 24.5 Å².